The third-order valence-corrected chi connectivity index (χ3v) is 3.82. The van der Waals surface area contributed by atoms with Crippen LogP contribution in [0, 0.1) is 0 Å². The summed E-state index contributed by atoms with van der Waals surface area (Å²) in [6, 6.07) is 6.40. The molecule has 120 valence electrons. The number of amides is 2. The highest BCUT2D eigenvalue weighted by Gasteiger charge is 2.39. The maximum atomic E-state index is 12.5. The number of imidazole rings is 1. The second-order valence-corrected chi connectivity index (χ2v) is 5.30. The molecule has 2 N–H and O–H groups in total. The third kappa shape index (κ3) is 3.24. The molecule has 7 heteroatoms. The SMILES string of the molecule is COc1ccc(N2C(=O)C[C@@H](NCCc3cnc[nH]3)C2=O)cc1. The number of ether oxygens (including phenoxy) is 1. The Morgan fingerprint density at radius 3 is 2.78 bits per heavy atom. The number of hydrogen-bond acceptors (Lipinski definition) is 5. The van der Waals surface area contributed by atoms with Crippen molar-refractivity contribution in [3.63, 3.8) is 0 Å². The predicted molar refractivity (Wildman–Crippen MR) is 84.2 cm³/mol. The van der Waals surface area contributed by atoms with Crippen molar-refractivity contribution in [2.24, 2.45) is 0 Å². The van der Waals surface area contributed by atoms with Crippen molar-refractivity contribution >= 4 is 17.5 Å². The minimum Gasteiger partial charge on any atom is -0.497 e. The number of H-pyrrole nitrogens is 1. The number of nitrogens with one attached hydrogen (secondary N) is 2. The number of aromatic nitrogens is 2. The van der Waals surface area contributed by atoms with Gasteiger partial charge in [-0.05, 0) is 24.3 Å². The molecule has 2 aromatic rings. The van der Waals surface area contributed by atoms with Crippen LogP contribution in [0.1, 0.15) is 12.1 Å². The van der Waals surface area contributed by atoms with E-state index in [9.17, 15) is 9.59 Å². The number of rotatable bonds is 6. The molecular formula is C16H18N4O3. The van der Waals surface area contributed by atoms with E-state index in [1.807, 2.05) is 0 Å². The summed E-state index contributed by atoms with van der Waals surface area (Å²) in [5.74, 6) is 0.270. The Labute approximate surface area is 133 Å². The monoisotopic (exact) mass is 314 g/mol. The number of carbonyl (C=O) groups excluding carboxylic acids is 2. The Morgan fingerprint density at radius 2 is 2.13 bits per heavy atom. The van der Waals surface area contributed by atoms with Crippen molar-refractivity contribution in [1.29, 1.82) is 0 Å². The third-order valence-electron chi connectivity index (χ3n) is 3.82. The molecule has 0 spiro atoms. The Kier molecular flexibility index (Phi) is 4.38. The highest BCUT2D eigenvalue weighted by molar-refractivity contribution is 6.22. The highest BCUT2D eigenvalue weighted by Crippen LogP contribution is 2.25. The fourth-order valence-corrected chi connectivity index (χ4v) is 2.60. The minimum atomic E-state index is -0.479. The normalized spacial score (nSPS) is 17.8. The van der Waals surface area contributed by atoms with Gasteiger partial charge in [0, 0.05) is 24.9 Å². The van der Waals surface area contributed by atoms with E-state index in [0.717, 1.165) is 12.1 Å². The quantitative estimate of drug-likeness (QED) is 0.773. The minimum absolute atomic E-state index is 0.174. The molecule has 0 aliphatic carbocycles. The first kappa shape index (κ1) is 15.2. The van der Waals surface area contributed by atoms with Crippen LogP contribution in [-0.4, -0.2) is 41.5 Å². The molecule has 2 amide bonds. The summed E-state index contributed by atoms with van der Waals surface area (Å²) in [5, 5.41) is 3.14. The second-order valence-electron chi connectivity index (χ2n) is 5.30. The Bertz CT molecular complexity index is 682. The molecule has 1 aromatic carbocycles. The number of benzene rings is 1. The molecule has 3 rings (SSSR count). The van der Waals surface area contributed by atoms with Crippen molar-refractivity contribution in [2.45, 2.75) is 18.9 Å². The van der Waals surface area contributed by atoms with E-state index in [1.54, 1.807) is 43.9 Å². The fraction of sp³-hybridized carbons (Fsp3) is 0.312. The summed E-state index contributed by atoms with van der Waals surface area (Å²) in [6.07, 6.45) is 4.26. The molecule has 1 fully saturated rings. The van der Waals surface area contributed by atoms with Crippen LogP contribution in [0.5, 0.6) is 5.75 Å². The van der Waals surface area contributed by atoms with Crippen LogP contribution in [0.3, 0.4) is 0 Å². The van der Waals surface area contributed by atoms with E-state index in [0.29, 0.717) is 18.0 Å². The zero-order valence-corrected chi connectivity index (χ0v) is 12.8. The topological polar surface area (TPSA) is 87.3 Å². The lowest BCUT2D eigenvalue weighted by Gasteiger charge is -2.15. The van der Waals surface area contributed by atoms with Gasteiger partial charge >= 0.3 is 0 Å². The number of carbonyl (C=O) groups is 2. The van der Waals surface area contributed by atoms with Gasteiger partial charge in [0.25, 0.3) is 5.91 Å². The standard InChI is InChI=1S/C16H18N4O3/c1-23-13-4-2-12(3-5-13)20-15(21)8-14(16(20)22)18-7-6-11-9-17-10-19-11/h2-5,9-10,14,18H,6-8H2,1H3,(H,17,19)/t14-/m1/s1. The zero-order valence-electron chi connectivity index (χ0n) is 12.8. The number of aromatic amines is 1. The summed E-state index contributed by atoms with van der Waals surface area (Å²) in [5.41, 5.74) is 1.56. The molecule has 1 aromatic heterocycles. The zero-order chi connectivity index (χ0) is 16.2. The van der Waals surface area contributed by atoms with Gasteiger partial charge < -0.3 is 15.0 Å². The first-order valence-corrected chi connectivity index (χ1v) is 7.40. The average Bonchev–Trinajstić information content (AvgIpc) is 3.17. The van der Waals surface area contributed by atoms with Crippen LogP contribution in [0.25, 0.3) is 0 Å². The molecule has 2 heterocycles. The van der Waals surface area contributed by atoms with Gasteiger partial charge in [0.2, 0.25) is 5.91 Å². The van der Waals surface area contributed by atoms with E-state index >= 15 is 0 Å². The largest absolute Gasteiger partial charge is 0.497 e. The van der Waals surface area contributed by atoms with E-state index in [1.165, 1.54) is 4.90 Å². The molecule has 0 saturated carbocycles. The fourth-order valence-electron chi connectivity index (χ4n) is 2.60. The molecule has 0 radical (unpaired) electrons. The van der Waals surface area contributed by atoms with Gasteiger partial charge in [-0.25, -0.2) is 9.88 Å². The van der Waals surface area contributed by atoms with Crippen molar-refractivity contribution in [1.82, 2.24) is 15.3 Å². The van der Waals surface area contributed by atoms with Crippen molar-refractivity contribution in [2.75, 3.05) is 18.6 Å². The Morgan fingerprint density at radius 1 is 1.35 bits per heavy atom. The smallest absolute Gasteiger partial charge is 0.251 e. The van der Waals surface area contributed by atoms with Gasteiger partial charge in [0.1, 0.15) is 5.75 Å². The van der Waals surface area contributed by atoms with Gasteiger partial charge in [-0.3, -0.25) is 9.59 Å². The van der Waals surface area contributed by atoms with E-state index in [4.69, 9.17) is 4.74 Å². The lowest BCUT2D eigenvalue weighted by atomic mass is 10.2. The maximum absolute atomic E-state index is 12.5. The molecule has 7 nitrogen and oxygen atoms in total. The summed E-state index contributed by atoms with van der Waals surface area (Å²) < 4.78 is 5.09. The van der Waals surface area contributed by atoms with Crippen LogP contribution in [0.15, 0.2) is 36.8 Å². The van der Waals surface area contributed by atoms with Crippen LogP contribution in [0.2, 0.25) is 0 Å². The first-order valence-electron chi connectivity index (χ1n) is 7.40. The van der Waals surface area contributed by atoms with Crippen LogP contribution in [-0.2, 0) is 16.0 Å². The molecule has 1 saturated heterocycles. The average molecular weight is 314 g/mol. The van der Waals surface area contributed by atoms with Crippen molar-refractivity contribution in [3.05, 3.63) is 42.5 Å². The lowest BCUT2D eigenvalue weighted by molar-refractivity contribution is -0.121. The Balaban J connectivity index is 1.62. The first-order chi connectivity index (χ1) is 11.2. The number of imide groups is 1. The van der Waals surface area contributed by atoms with Gasteiger partial charge in [-0.15, -0.1) is 0 Å². The van der Waals surface area contributed by atoms with E-state index in [-0.39, 0.29) is 18.2 Å². The molecule has 1 aliphatic heterocycles. The Hall–Kier alpha value is -2.67. The number of anilines is 1. The number of nitrogens with zero attached hydrogens (tertiary/aromatic N) is 2. The maximum Gasteiger partial charge on any atom is 0.251 e. The molecule has 1 aliphatic rings. The molecule has 23 heavy (non-hydrogen) atoms. The van der Waals surface area contributed by atoms with Crippen molar-refractivity contribution < 1.29 is 14.3 Å². The predicted octanol–water partition coefficient (Wildman–Crippen LogP) is 0.882. The lowest BCUT2D eigenvalue weighted by Crippen LogP contribution is -2.39. The van der Waals surface area contributed by atoms with Crippen molar-refractivity contribution in [3.8, 4) is 5.75 Å². The van der Waals surface area contributed by atoms with Crippen LogP contribution in [0.4, 0.5) is 5.69 Å². The van der Waals surface area contributed by atoms with Gasteiger partial charge in [-0.2, -0.15) is 0 Å². The number of hydrogen-bond donors (Lipinski definition) is 2. The summed E-state index contributed by atoms with van der Waals surface area (Å²) >= 11 is 0. The van der Waals surface area contributed by atoms with Gasteiger partial charge in [0.15, 0.2) is 0 Å². The van der Waals surface area contributed by atoms with Crippen LogP contribution >= 0.6 is 0 Å². The van der Waals surface area contributed by atoms with Gasteiger partial charge in [-0.1, -0.05) is 0 Å². The van der Waals surface area contributed by atoms with E-state index in [2.05, 4.69) is 15.3 Å². The summed E-state index contributed by atoms with van der Waals surface area (Å²) in [4.78, 5) is 32.8. The molecule has 0 unspecified atom stereocenters. The molecule has 0 bridgehead atoms. The van der Waals surface area contributed by atoms with E-state index < -0.39 is 6.04 Å². The second kappa shape index (κ2) is 6.62. The number of methoxy groups -OCH3 is 1. The van der Waals surface area contributed by atoms with Gasteiger partial charge in [0.05, 0.1) is 31.6 Å². The van der Waals surface area contributed by atoms with Crippen LogP contribution < -0.4 is 15.0 Å². The summed E-state index contributed by atoms with van der Waals surface area (Å²) in [6.45, 7) is 0.600. The summed E-state index contributed by atoms with van der Waals surface area (Å²) in [7, 11) is 1.57. The molecular weight excluding hydrogens is 296 g/mol. The molecule has 1 atom stereocenters. The highest BCUT2D eigenvalue weighted by atomic mass is 16.5.